The number of hydrogen-bond donors (Lipinski definition) is 1. The Balaban J connectivity index is 1.92. The molecule has 9 heteroatoms. The van der Waals surface area contributed by atoms with Crippen LogP contribution in [0.4, 0.5) is 13.6 Å². The molecule has 2 heterocycles. The molecule has 0 saturated carbocycles. The molecule has 2 N–H and O–H groups in total. The number of hydrogen-bond acceptors (Lipinski definition) is 6. The minimum Gasteiger partial charge on any atom is -0.493 e. The van der Waals surface area contributed by atoms with Crippen molar-refractivity contribution in [3.63, 3.8) is 0 Å². The van der Waals surface area contributed by atoms with Crippen molar-refractivity contribution < 1.29 is 23.0 Å². The van der Waals surface area contributed by atoms with Crippen LogP contribution in [-0.4, -0.2) is 35.9 Å². The molecule has 1 amide bonds. The third-order valence-electron chi connectivity index (χ3n) is 5.39. The molecule has 0 saturated heterocycles. The van der Waals surface area contributed by atoms with E-state index in [-0.39, 0.29) is 24.7 Å². The van der Waals surface area contributed by atoms with E-state index in [9.17, 15) is 13.6 Å². The third kappa shape index (κ3) is 3.65. The van der Waals surface area contributed by atoms with Gasteiger partial charge in [0.2, 0.25) is 0 Å². The molecule has 2 aliphatic heterocycles. The number of halogens is 2. The SMILES string of the molecule is CCOC(=O)N1N=C(c2cc(C)ccc2F)SC12c1cc(F)ccc1OCC2CCN. The summed E-state index contributed by atoms with van der Waals surface area (Å²) in [6.45, 7) is 4.24. The smallest absolute Gasteiger partial charge is 0.432 e. The van der Waals surface area contributed by atoms with Crippen LogP contribution in [0.15, 0.2) is 41.5 Å². The Hall–Kier alpha value is -2.65. The number of hydrazone groups is 1. The summed E-state index contributed by atoms with van der Waals surface area (Å²) < 4.78 is 40.2. The number of benzene rings is 2. The minimum atomic E-state index is -1.17. The molecule has 31 heavy (non-hydrogen) atoms. The van der Waals surface area contributed by atoms with E-state index in [4.69, 9.17) is 15.2 Å². The van der Waals surface area contributed by atoms with Crippen molar-refractivity contribution in [3.05, 3.63) is 64.7 Å². The van der Waals surface area contributed by atoms with Crippen molar-refractivity contribution in [1.82, 2.24) is 5.01 Å². The lowest BCUT2D eigenvalue weighted by Gasteiger charge is -2.44. The number of nitrogens with two attached hydrogens (primary N) is 1. The highest BCUT2D eigenvalue weighted by atomic mass is 32.2. The monoisotopic (exact) mass is 447 g/mol. The van der Waals surface area contributed by atoms with Gasteiger partial charge in [0.25, 0.3) is 0 Å². The highest BCUT2D eigenvalue weighted by Crippen LogP contribution is 2.57. The largest absolute Gasteiger partial charge is 0.493 e. The second-order valence-corrected chi connectivity index (χ2v) is 8.64. The highest BCUT2D eigenvalue weighted by Gasteiger charge is 2.58. The molecule has 2 aliphatic rings. The topological polar surface area (TPSA) is 77.1 Å². The first-order valence-corrected chi connectivity index (χ1v) is 10.9. The fraction of sp³-hybridized carbons (Fsp3) is 0.364. The van der Waals surface area contributed by atoms with E-state index in [1.54, 1.807) is 19.1 Å². The summed E-state index contributed by atoms with van der Waals surface area (Å²) in [4.78, 5) is 11.8. The van der Waals surface area contributed by atoms with Gasteiger partial charge in [-0.05, 0) is 57.1 Å². The normalized spacial score (nSPS) is 22.2. The number of rotatable bonds is 4. The summed E-state index contributed by atoms with van der Waals surface area (Å²) in [7, 11) is 0. The molecular formula is C22H23F2N3O3S. The molecule has 2 atom stereocenters. The van der Waals surface area contributed by atoms with Crippen molar-refractivity contribution in [2.75, 3.05) is 19.8 Å². The van der Waals surface area contributed by atoms with Crippen molar-refractivity contribution in [2.45, 2.75) is 25.1 Å². The third-order valence-corrected chi connectivity index (χ3v) is 6.92. The van der Waals surface area contributed by atoms with E-state index >= 15 is 0 Å². The Bertz CT molecular complexity index is 1050. The lowest BCUT2D eigenvalue weighted by molar-refractivity contribution is 0.0395. The molecule has 1 spiro atoms. The van der Waals surface area contributed by atoms with Gasteiger partial charge in [0, 0.05) is 17.0 Å². The maximum absolute atomic E-state index is 14.7. The van der Waals surface area contributed by atoms with E-state index in [0.29, 0.717) is 29.3 Å². The van der Waals surface area contributed by atoms with E-state index in [0.717, 1.165) is 5.56 Å². The van der Waals surface area contributed by atoms with Gasteiger partial charge in [-0.3, -0.25) is 0 Å². The molecule has 2 aromatic carbocycles. The number of thioether (sulfide) groups is 1. The molecule has 2 aromatic rings. The van der Waals surface area contributed by atoms with Gasteiger partial charge in [-0.25, -0.2) is 13.6 Å². The van der Waals surface area contributed by atoms with Crippen LogP contribution >= 0.6 is 11.8 Å². The van der Waals surface area contributed by atoms with E-state index in [2.05, 4.69) is 5.10 Å². The van der Waals surface area contributed by atoms with Crippen molar-refractivity contribution in [1.29, 1.82) is 0 Å². The van der Waals surface area contributed by atoms with Crippen LogP contribution in [0, 0.1) is 24.5 Å². The van der Waals surface area contributed by atoms with Gasteiger partial charge in [0.1, 0.15) is 22.4 Å². The maximum atomic E-state index is 14.7. The van der Waals surface area contributed by atoms with Crippen molar-refractivity contribution >= 4 is 22.9 Å². The van der Waals surface area contributed by atoms with Crippen LogP contribution in [0.2, 0.25) is 0 Å². The molecule has 0 bridgehead atoms. The number of nitrogens with zero attached hydrogens (tertiary/aromatic N) is 2. The average molecular weight is 448 g/mol. The van der Waals surface area contributed by atoms with Gasteiger partial charge in [0.15, 0.2) is 4.87 Å². The van der Waals surface area contributed by atoms with E-state index in [1.165, 1.54) is 41.0 Å². The summed E-state index contributed by atoms with van der Waals surface area (Å²) in [5.41, 5.74) is 7.42. The van der Waals surface area contributed by atoms with E-state index < -0.39 is 22.6 Å². The summed E-state index contributed by atoms with van der Waals surface area (Å²) in [6.07, 6.45) is -0.213. The molecular weight excluding hydrogens is 424 g/mol. The summed E-state index contributed by atoms with van der Waals surface area (Å²) in [6, 6.07) is 8.86. The molecule has 0 fully saturated rings. The zero-order valence-corrected chi connectivity index (χ0v) is 18.0. The zero-order chi connectivity index (χ0) is 22.2. The van der Waals surface area contributed by atoms with Gasteiger partial charge < -0.3 is 15.2 Å². The van der Waals surface area contributed by atoms with Crippen LogP contribution in [0.25, 0.3) is 0 Å². The molecule has 0 aliphatic carbocycles. The number of carbonyl (C=O) groups is 1. The van der Waals surface area contributed by atoms with Crippen molar-refractivity contribution in [3.8, 4) is 5.75 Å². The molecule has 6 nitrogen and oxygen atoms in total. The lowest BCUT2D eigenvalue weighted by atomic mass is 9.87. The Labute approximate surface area is 183 Å². The number of amides is 1. The molecule has 2 unspecified atom stereocenters. The quantitative estimate of drug-likeness (QED) is 0.754. The van der Waals surface area contributed by atoms with E-state index in [1.807, 2.05) is 6.92 Å². The van der Waals surface area contributed by atoms with Crippen LogP contribution in [0.1, 0.15) is 30.0 Å². The predicted molar refractivity (Wildman–Crippen MR) is 115 cm³/mol. The zero-order valence-electron chi connectivity index (χ0n) is 17.2. The summed E-state index contributed by atoms with van der Waals surface area (Å²) in [5, 5.41) is 6.02. The van der Waals surface area contributed by atoms with Gasteiger partial charge in [-0.2, -0.15) is 10.1 Å². The molecule has 164 valence electrons. The van der Waals surface area contributed by atoms with Gasteiger partial charge in [-0.1, -0.05) is 23.4 Å². The maximum Gasteiger partial charge on any atom is 0.432 e. The first-order chi connectivity index (χ1) is 14.9. The Morgan fingerprint density at radius 2 is 2.16 bits per heavy atom. The lowest BCUT2D eigenvalue weighted by Crippen LogP contribution is -2.51. The first kappa shape index (κ1) is 21.6. The second kappa shape index (κ2) is 8.47. The number of carbonyl (C=O) groups excluding carboxylic acids is 1. The second-order valence-electron chi connectivity index (χ2n) is 7.42. The minimum absolute atomic E-state index is 0.133. The molecule has 0 radical (unpaired) electrons. The van der Waals surface area contributed by atoms with Gasteiger partial charge in [0.05, 0.1) is 13.2 Å². The summed E-state index contributed by atoms with van der Waals surface area (Å²) in [5.74, 6) is -0.817. The fourth-order valence-corrected chi connectivity index (χ4v) is 5.49. The number of fused-ring (bicyclic) bond motifs is 2. The Kier molecular flexibility index (Phi) is 5.90. The van der Waals surface area contributed by atoms with Gasteiger partial charge in [-0.15, -0.1) is 0 Å². The van der Waals surface area contributed by atoms with Crippen LogP contribution in [-0.2, 0) is 9.61 Å². The standard InChI is InChI=1S/C22H23F2N3O3S/c1-3-29-21(28)27-22(31-20(26-27)16-10-13(2)4-6-18(16)24)14(8-9-25)12-30-19-7-5-15(23)11-17(19)22/h4-7,10-11,14H,3,8-9,12,25H2,1-2H3. The molecule has 0 aromatic heterocycles. The number of aryl methyl sites for hydroxylation is 1. The first-order valence-electron chi connectivity index (χ1n) is 10.0. The van der Waals surface area contributed by atoms with Crippen molar-refractivity contribution in [2.24, 2.45) is 16.8 Å². The van der Waals surface area contributed by atoms with Crippen LogP contribution in [0.5, 0.6) is 5.75 Å². The fourth-order valence-electron chi connectivity index (χ4n) is 3.99. The average Bonchev–Trinajstić information content (AvgIpc) is 3.14. The Morgan fingerprint density at radius 3 is 2.90 bits per heavy atom. The molecule has 4 rings (SSSR count). The van der Waals surface area contributed by atoms with Gasteiger partial charge >= 0.3 is 6.09 Å². The predicted octanol–water partition coefficient (Wildman–Crippen LogP) is 4.35. The highest BCUT2D eigenvalue weighted by molar-refractivity contribution is 8.15. The summed E-state index contributed by atoms with van der Waals surface area (Å²) >= 11 is 1.20. The van der Waals surface area contributed by atoms with Crippen LogP contribution < -0.4 is 10.5 Å². The number of ether oxygens (including phenoxy) is 2. The Morgan fingerprint density at radius 1 is 1.35 bits per heavy atom. The van der Waals surface area contributed by atoms with Crippen LogP contribution in [0.3, 0.4) is 0 Å².